The first kappa shape index (κ1) is 23.4. The summed E-state index contributed by atoms with van der Waals surface area (Å²) in [6.07, 6.45) is 11.0. The molecule has 8 heteroatoms. The molecule has 190 valence electrons. The topological polar surface area (TPSA) is 69.2 Å². The summed E-state index contributed by atoms with van der Waals surface area (Å²) >= 11 is 0. The van der Waals surface area contributed by atoms with Gasteiger partial charge in [-0.15, -0.1) is 0 Å². The molecule has 6 rings (SSSR count). The lowest BCUT2D eigenvalue weighted by Gasteiger charge is -2.29. The minimum Gasteiger partial charge on any atom is -0.378 e. The average Bonchev–Trinajstić information content (AvgIpc) is 3.46. The van der Waals surface area contributed by atoms with Crippen molar-refractivity contribution in [2.24, 2.45) is 14.1 Å². The zero-order chi connectivity index (χ0) is 25.5. The molecule has 0 atom stereocenters. The Labute approximate surface area is 216 Å². The zero-order valence-corrected chi connectivity index (χ0v) is 21.6. The number of ether oxygens (including phenoxy) is 1. The standard InChI is InChI=1S/C29H32N6O2/c1-32-18-25(34-13-14-35-22(17-34)15-21-11-7-8-12-24(21)35)27(20-9-5-4-6-10-20)28(29(32)36)30-26-16-23(19-37-3)33(2)31-26/h4-6,9-10,13-16,18H,7-8,11-12,17,19H2,1-3H3,(H,30,31). The van der Waals surface area contributed by atoms with Gasteiger partial charge in [0.1, 0.15) is 5.69 Å². The van der Waals surface area contributed by atoms with E-state index in [0.717, 1.165) is 41.9 Å². The molecule has 1 aliphatic carbocycles. The van der Waals surface area contributed by atoms with Crippen molar-refractivity contribution in [2.45, 2.75) is 38.8 Å². The van der Waals surface area contributed by atoms with E-state index in [-0.39, 0.29) is 5.56 Å². The van der Waals surface area contributed by atoms with Crippen molar-refractivity contribution in [3.8, 4) is 11.1 Å². The van der Waals surface area contributed by atoms with E-state index in [1.807, 2.05) is 49.6 Å². The highest BCUT2D eigenvalue weighted by molar-refractivity contribution is 5.90. The summed E-state index contributed by atoms with van der Waals surface area (Å²) in [5, 5.41) is 7.95. The Balaban J connectivity index is 1.47. The Bertz CT molecular complexity index is 1540. The van der Waals surface area contributed by atoms with E-state index in [4.69, 9.17) is 4.74 Å². The van der Waals surface area contributed by atoms with Crippen LogP contribution in [0, 0.1) is 0 Å². The second kappa shape index (κ2) is 9.44. The summed E-state index contributed by atoms with van der Waals surface area (Å²) < 4.78 is 11.1. The van der Waals surface area contributed by atoms with Gasteiger partial charge in [-0.3, -0.25) is 9.48 Å². The fraction of sp³-hybridized carbons (Fsp3) is 0.310. The second-order valence-corrected chi connectivity index (χ2v) is 9.86. The molecule has 3 aromatic heterocycles. The molecule has 4 heterocycles. The van der Waals surface area contributed by atoms with E-state index in [1.165, 1.54) is 29.8 Å². The molecule has 0 spiro atoms. The number of fused-ring (bicyclic) bond motifs is 3. The first-order valence-electron chi connectivity index (χ1n) is 12.8. The van der Waals surface area contributed by atoms with E-state index < -0.39 is 0 Å². The summed E-state index contributed by atoms with van der Waals surface area (Å²) in [7, 11) is 5.33. The number of rotatable bonds is 6. The molecular weight excluding hydrogens is 464 g/mol. The molecule has 0 saturated heterocycles. The first-order chi connectivity index (χ1) is 18.0. The lowest BCUT2D eigenvalue weighted by molar-refractivity contribution is 0.178. The fourth-order valence-electron chi connectivity index (χ4n) is 5.56. The number of benzene rings is 1. The Morgan fingerprint density at radius 1 is 1.05 bits per heavy atom. The monoisotopic (exact) mass is 496 g/mol. The van der Waals surface area contributed by atoms with E-state index in [1.54, 1.807) is 23.4 Å². The molecular formula is C29H32N6O2. The van der Waals surface area contributed by atoms with Gasteiger partial charge in [0.25, 0.3) is 5.56 Å². The SMILES string of the molecule is COCc1cc(Nc2c(-c3ccccc3)c(N3C=Cn4c(cc5c4CCCC5)C3)cn(C)c2=O)nn1C. The van der Waals surface area contributed by atoms with Crippen LogP contribution >= 0.6 is 0 Å². The maximum atomic E-state index is 13.6. The van der Waals surface area contributed by atoms with Gasteiger partial charge in [0.05, 0.1) is 24.5 Å². The van der Waals surface area contributed by atoms with Gasteiger partial charge in [-0.25, -0.2) is 0 Å². The second-order valence-electron chi connectivity index (χ2n) is 9.86. The lowest BCUT2D eigenvalue weighted by Crippen LogP contribution is -2.27. The molecule has 2 aliphatic rings. The molecule has 8 nitrogen and oxygen atoms in total. The van der Waals surface area contributed by atoms with Crippen molar-refractivity contribution < 1.29 is 4.74 Å². The van der Waals surface area contributed by atoms with Gasteiger partial charge in [-0.2, -0.15) is 5.10 Å². The van der Waals surface area contributed by atoms with Crippen LogP contribution in [0.4, 0.5) is 17.2 Å². The fourth-order valence-corrected chi connectivity index (χ4v) is 5.56. The summed E-state index contributed by atoms with van der Waals surface area (Å²) in [5.74, 6) is 0.608. The summed E-state index contributed by atoms with van der Waals surface area (Å²) in [6, 6.07) is 14.4. The number of anilines is 3. The van der Waals surface area contributed by atoms with Gasteiger partial charge in [-0.1, -0.05) is 30.3 Å². The molecule has 0 amide bonds. The van der Waals surface area contributed by atoms with Crippen LogP contribution in [0.1, 0.15) is 35.5 Å². The van der Waals surface area contributed by atoms with Crippen molar-refractivity contribution >= 4 is 23.4 Å². The third-order valence-corrected chi connectivity index (χ3v) is 7.40. The van der Waals surface area contributed by atoms with Crippen LogP contribution in [0.15, 0.2) is 59.7 Å². The molecule has 0 radical (unpaired) electrons. The van der Waals surface area contributed by atoms with Gasteiger partial charge in [0.2, 0.25) is 0 Å². The third-order valence-electron chi connectivity index (χ3n) is 7.40. The summed E-state index contributed by atoms with van der Waals surface area (Å²) in [4.78, 5) is 15.8. The van der Waals surface area contributed by atoms with Gasteiger partial charge in [-0.05, 0) is 42.9 Å². The van der Waals surface area contributed by atoms with E-state index in [2.05, 4.69) is 38.3 Å². The number of hydrogen-bond acceptors (Lipinski definition) is 5. The molecule has 4 aromatic rings. The minimum atomic E-state index is -0.110. The highest BCUT2D eigenvalue weighted by Crippen LogP contribution is 2.39. The first-order valence-corrected chi connectivity index (χ1v) is 12.8. The van der Waals surface area contributed by atoms with Crippen LogP contribution in [0.5, 0.6) is 0 Å². The number of aryl methyl sites for hydroxylation is 3. The quantitative estimate of drug-likeness (QED) is 0.415. The third kappa shape index (κ3) is 4.17. The number of nitrogens with zero attached hydrogens (tertiary/aromatic N) is 5. The molecule has 1 N–H and O–H groups in total. The normalized spacial score (nSPS) is 14.5. The zero-order valence-electron chi connectivity index (χ0n) is 21.6. The maximum Gasteiger partial charge on any atom is 0.274 e. The van der Waals surface area contributed by atoms with Gasteiger partial charge in [0, 0.05) is 62.8 Å². The van der Waals surface area contributed by atoms with Crippen molar-refractivity contribution in [1.29, 1.82) is 0 Å². The van der Waals surface area contributed by atoms with Crippen LogP contribution in [0.3, 0.4) is 0 Å². The lowest BCUT2D eigenvalue weighted by atomic mass is 9.98. The van der Waals surface area contributed by atoms with Gasteiger partial charge < -0.3 is 24.1 Å². The number of aromatic nitrogens is 4. The van der Waals surface area contributed by atoms with Crippen LogP contribution < -0.4 is 15.8 Å². The molecule has 1 aliphatic heterocycles. The van der Waals surface area contributed by atoms with E-state index in [9.17, 15) is 4.79 Å². The number of pyridine rings is 1. The van der Waals surface area contributed by atoms with Crippen LogP contribution in [-0.2, 0) is 44.8 Å². The van der Waals surface area contributed by atoms with Crippen molar-refractivity contribution in [3.05, 3.63) is 87.9 Å². The Morgan fingerprint density at radius 3 is 2.68 bits per heavy atom. The largest absolute Gasteiger partial charge is 0.378 e. The summed E-state index contributed by atoms with van der Waals surface area (Å²) in [5.41, 5.74) is 8.31. The Hall–Kier alpha value is -4.04. The van der Waals surface area contributed by atoms with Crippen molar-refractivity contribution in [2.75, 3.05) is 17.3 Å². The van der Waals surface area contributed by atoms with Gasteiger partial charge in [0.15, 0.2) is 5.82 Å². The van der Waals surface area contributed by atoms with Crippen LogP contribution in [-0.4, -0.2) is 26.0 Å². The molecule has 1 aromatic carbocycles. The number of hydrogen-bond donors (Lipinski definition) is 1. The average molecular weight is 497 g/mol. The van der Waals surface area contributed by atoms with Crippen molar-refractivity contribution in [3.63, 3.8) is 0 Å². The Morgan fingerprint density at radius 2 is 1.86 bits per heavy atom. The van der Waals surface area contributed by atoms with Crippen LogP contribution in [0.25, 0.3) is 17.3 Å². The summed E-state index contributed by atoms with van der Waals surface area (Å²) in [6.45, 7) is 1.18. The maximum absolute atomic E-state index is 13.6. The highest BCUT2D eigenvalue weighted by atomic mass is 16.5. The molecule has 0 saturated carbocycles. The predicted octanol–water partition coefficient (Wildman–Crippen LogP) is 4.80. The Kier molecular flexibility index (Phi) is 5.96. The number of nitrogens with one attached hydrogen (secondary N) is 1. The van der Waals surface area contributed by atoms with Crippen molar-refractivity contribution in [1.82, 2.24) is 18.9 Å². The van der Waals surface area contributed by atoms with E-state index >= 15 is 0 Å². The molecule has 37 heavy (non-hydrogen) atoms. The van der Waals surface area contributed by atoms with E-state index in [0.29, 0.717) is 18.1 Å². The molecule has 0 bridgehead atoms. The van der Waals surface area contributed by atoms with Crippen LogP contribution in [0.2, 0.25) is 0 Å². The number of methoxy groups -OCH3 is 1. The molecule has 0 unspecified atom stereocenters. The molecule has 0 fully saturated rings. The minimum absolute atomic E-state index is 0.110. The highest BCUT2D eigenvalue weighted by Gasteiger charge is 2.25. The predicted molar refractivity (Wildman–Crippen MR) is 147 cm³/mol. The smallest absolute Gasteiger partial charge is 0.274 e. The van der Waals surface area contributed by atoms with Gasteiger partial charge >= 0.3 is 0 Å².